The van der Waals surface area contributed by atoms with E-state index in [1.54, 1.807) is 0 Å². The zero-order valence-electron chi connectivity index (χ0n) is 36.5. The Hall–Kier alpha value is -4.42. The molecule has 312 valence electrons. The molecule has 7 rings (SSSR count). The van der Waals surface area contributed by atoms with E-state index in [1.165, 1.54) is 22.3 Å². The van der Waals surface area contributed by atoms with Gasteiger partial charge in [0.2, 0.25) is 0 Å². The fourth-order valence-electron chi connectivity index (χ4n) is 8.79. The highest BCUT2D eigenvalue weighted by Crippen LogP contribution is 2.51. The largest absolute Gasteiger partial charge is 0.444 e. The van der Waals surface area contributed by atoms with Crippen LogP contribution in [-0.4, -0.2) is 75.1 Å². The number of fused-ring (bicyclic) bond motifs is 3. The van der Waals surface area contributed by atoms with Crippen LogP contribution in [0.3, 0.4) is 0 Å². The summed E-state index contributed by atoms with van der Waals surface area (Å²) in [5, 5.41) is 3.10. The van der Waals surface area contributed by atoms with Crippen molar-refractivity contribution in [1.82, 2.24) is 29.7 Å². The van der Waals surface area contributed by atoms with Crippen LogP contribution in [0.1, 0.15) is 122 Å². The summed E-state index contributed by atoms with van der Waals surface area (Å²) in [6.07, 6.45) is 7.77. The van der Waals surface area contributed by atoms with Gasteiger partial charge in [0.15, 0.2) is 0 Å². The first kappa shape index (κ1) is 41.7. The molecule has 0 unspecified atom stereocenters. The van der Waals surface area contributed by atoms with Crippen molar-refractivity contribution >= 4 is 20.3 Å². The molecule has 0 spiro atoms. The number of likely N-dealkylation sites (tertiary alicyclic amines) is 1. The van der Waals surface area contributed by atoms with Crippen LogP contribution >= 0.6 is 0 Å². The fraction of sp³-hybridized carbons (Fsp3) is 0.565. The third kappa shape index (κ3) is 8.93. The Morgan fingerprint density at radius 2 is 1.55 bits per heavy atom. The average Bonchev–Trinajstić information content (AvgIpc) is 3.95. The monoisotopic (exact) mass is 808 g/mol. The van der Waals surface area contributed by atoms with E-state index in [9.17, 15) is 9.59 Å². The molecule has 1 aliphatic heterocycles. The van der Waals surface area contributed by atoms with E-state index in [0.29, 0.717) is 19.9 Å². The number of alkyl carbamates (subject to hydrolysis) is 1. The van der Waals surface area contributed by atoms with Gasteiger partial charge in [0, 0.05) is 44.2 Å². The number of amides is 2. The quantitative estimate of drug-likeness (QED) is 0.121. The van der Waals surface area contributed by atoms with Gasteiger partial charge in [0.1, 0.15) is 29.6 Å². The molecule has 3 atom stereocenters. The minimum atomic E-state index is -1.29. The molecule has 12 heteroatoms. The first-order valence-corrected chi connectivity index (χ1v) is 24.9. The number of ether oxygens (including phenoxy) is 3. The number of H-pyrrole nitrogens is 1. The van der Waals surface area contributed by atoms with Crippen LogP contribution < -0.4 is 5.32 Å². The molecule has 58 heavy (non-hydrogen) atoms. The third-order valence-electron chi connectivity index (χ3n) is 11.7. The van der Waals surface area contributed by atoms with Crippen molar-refractivity contribution in [2.24, 2.45) is 0 Å². The molecule has 4 aromatic rings. The van der Waals surface area contributed by atoms with Crippen molar-refractivity contribution in [3.8, 4) is 33.6 Å². The number of carbonyl (C=O) groups excluding carboxylic acids is 2. The molecule has 3 aliphatic rings. The highest BCUT2D eigenvalue weighted by atomic mass is 28.3. The maximum atomic E-state index is 13.4. The Balaban J connectivity index is 1.15. The summed E-state index contributed by atoms with van der Waals surface area (Å²) in [5.74, 6) is 1.83. The van der Waals surface area contributed by atoms with E-state index < -0.39 is 19.3 Å². The Morgan fingerprint density at radius 1 is 0.879 bits per heavy atom. The van der Waals surface area contributed by atoms with Crippen LogP contribution in [-0.2, 0) is 26.4 Å². The maximum absolute atomic E-state index is 13.4. The molecule has 11 nitrogen and oxygen atoms in total. The highest BCUT2D eigenvalue weighted by molar-refractivity contribution is 6.76. The summed E-state index contributed by atoms with van der Waals surface area (Å²) in [6.45, 7) is 24.7. The molecule has 0 bridgehead atoms. The number of nitrogens with one attached hydrogen (secondary N) is 2. The highest BCUT2D eigenvalue weighted by Gasteiger charge is 2.39. The van der Waals surface area contributed by atoms with Crippen molar-refractivity contribution in [1.29, 1.82) is 0 Å². The molecule has 2 N–H and O–H groups in total. The number of rotatable bonds is 10. The lowest BCUT2D eigenvalue weighted by Crippen LogP contribution is -2.40. The van der Waals surface area contributed by atoms with E-state index in [2.05, 4.69) is 84.8 Å². The summed E-state index contributed by atoms with van der Waals surface area (Å²) < 4.78 is 20.0. The van der Waals surface area contributed by atoms with Gasteiger partial charge in [0.05, 0.1) is 29.8 Å². The molecular formula is C46H64N6O5Si. The number of benzene rings is 2. The maximum Gasteiger partial charge on any atom is 0.410 e. The molecule has 2 aliphatic carbocycles. The Kier molecular flexibility index (Phi) is 11.2. The van der Waals surface area contributed by atoms with Gasteiger partial charge in [-0.25, -0.2) is 19.6 Å². The summed E-state index contributed by atoms with van der Waals surface area (Å²) in [7, 11) is -1.29. The predicted octanol–water partition coefficient (Wildman–Crippen LogP) is 10.8. The van der Waals surface area contributed by atoms with E-state index in [1.807, 2.05) is 58.8 Å². The van der Waals surface area contributed by atoms with E-state index in [0.717, 1.165) is 72.3 Å². The molecule has 0 radical (unpaired) electrons. The van der Waals surface area contributed by atoms with Gasteiger partial charge in [-0.1, -0.05) is 64.2 Å². The smallest absolute Gasteiger partial charge is 0.410 e. The van der Waals surface area contributed by atoms with Crippen LogP contribution in [0.15, 0.2) is 48.8 Å². The second-order valence-electron chi connectivity index (χ2n) is 20.2. The summed E-state index contributed by atoms with van der Waals surface area (Å²) in [6, 6.07) is 14.3. The van der Waals surface area contributed by atoms with Gasteiger partial charge in [0.25, 0.3) is 0 Å². The first-order chi connectivity index (χ1) is 27.2. The summed E-state index contributed by atoms with van der Waals surface area (Å²) in [4.78, 5) is 41.3. The molecule has 1 saturated carbocycles. The Bertz CT molecular complexity index is 2150. The molecule has 2 aromatic carbocycles. The summed E-state index contributed by atoms with van der Waals surface area (Å²) in [5.41, 5.74) is 7.68. The van der Waals surface area contributed by atoms with Crippen molar-refractivity contribution in [3.05, 3.63) is 71.6 Å². The van der Waals surface area contributed by atoms with Gasteiger partial charge in [-0.2, -0.15) is 0 Å². The van der Waals surface area contributed by atoms with Crippen LogP contribution in [0.5, 0.6) is 0 Å². The van der Waals surface area contributed by atoms with Gasteiger partial charge >= 0.3 is 12.2 Å². The molecular weight excluding hydrogens is 745 g/mol. The number of carbonyl (C=O) groups is 2. The van der Waals surface area contributed by atoms with Gasteiger partial charge < -0.3 is 29.1 Å². The van der Waals surface area contributed by atoms with E-state index in [-0.39, 0.29) is 35.6 Å². The number of aromatic amines is 1. The van der Waals surface area contributed by atoms with Crippen LogP contribution in [0.4, 0.5) is 9.59 Å². The number of aromatic nitrogens is 4. The standard InChI is InChI=1S/C46H64N6O5Si/c1-44(2,3)56-42(53)50-36-15-12-14-33(36)40-47-26-37(49-40)29-17-19-31-32-20-18-30(25-35(32)46(7,8)34(31)24-29)39-27-48-41(52(39)28-55-22-23-58(9,10)11)38-16-13-21-51(38)43(54)57-45(4,5)6/h17-20,24-27,33,36,38H,12-16,21-23,28H2,1-11H3,(H,47,49)(H,50,53)/t33-,36-,38-/m0/s1. The SMILES string of the molecule is CC(C)(C)OC(=O)N[C@H]1CCC[C@@H]1c1ncc(-c2ccc3c(c2)C(C)(C)c2cc(-c4cnc([C@@H]5CCCN5C(=O)OC(C)(C)C)n4COCC[Si](C)(C)C)ccc2-3)[nH]1. The third-order valence-corrected chi connectivity index (χ3v) is 13.4. The lowest BCUT2D eigenvalue weighted by Gasteiger charge is -2.29. The minimum Gasteiger partial charge on any atom is -0.444 e. The molecule has 3 heterocycles. The minimum absolute atomic E-state index is 0.0253. The Labute approximate surface area is 345 Å². The van der Waals surface area contributed by atoms with E-state index in [4.69, 9.17) is 24.2 Å². The Morgan fingerprint density at radius 3 is 2.22 bits per heavy atom. The molecule has 2 aromatic heterocycles. The zero-order chi connectivity index (χ0) is 41.8. The van der Waals surface area contributed by atoms with Crippen molar-refractivity contribution in [3.63, 3.8) is 0 Å². The van der Waals surface area contributed by atoms with Crippen LogP contribution in [0, 0.1) is 0 Å². The average molecular weight is 809 g/mol. The summed E-state index contributed by atoms with van der Waals surface area (Å²) >= 11 is 0. The lowest BCUT2D eigenvalue weighted by molar-refractivity contribution is 0.0204. The first-order valence-electron chi connectivity index (χ1n) is 21.2. The van der Waals surface area contributed by atoms with Crippen LogP contribution in [0.2, 0.25) is 25.7 Å². The number of hydrogen-bond acceptors (Lipinski definition) is 7. The second kappa shape index (κ2) is 15.6. The second-order valence-corrected chi connectivity index (χ2v) is 25.8. The van der Waals surface area contributed by atoms with Gasteiger partial charge in [-0.05, 0) is 113 Å². The van der Waals surface area contributed by atoms with Gasteiger partial charge in [-0.3, -0.25) is 4.90 Å². The number of hydrogen-bond donors (Lipinski definition) is 2. The van der Waals surface area contributed by atoms with Crippen LogP contribution in [0.25, 0.3) is 33.6 Å². The predicted molar refractivity (Wildman–Crippen MR) is 232 cm³/mol. The number of imidazole rings is 2. The van der Waals surface area contributed by atoms with Crippen molar-refractivity contribution in [2.45, 2.75) is 155 Å². The van der Waals surface area contributed by atoms with E-state index >= 15 is 0 Å². The van der Waals surface area contributed by atoms with Crippen molar-refractivity contribution < 1.29 is 23.8 Å². The number of nitrogens with zero attached hydrogens (tertiary/aromatic N) is 4. The topological polar surface area (TPSA) is 124 Å². The fourth-order valence-corrected chi connectivity index (χ4v) is 9.54. The molecule has 1 saturated heterocycles. The normalized spacial score (nSPS) is 20.3. The zero-order valence-corrected chi connectivity index (χ0v) is 37.5. The lowest BCUT2D eigenvalue weighted by atomic mass is 9.81. The molecule has 2 fully saturated rings. The molecule has 2 amide bonds. The van der Waals surface area contributed by atoms with Gasteiger partial charge in [-0.15, -0.1) is 0 Å². The van der Waals surface area contributed by atoms with Crippen molar-refractivity contribution in [2.75, 3.05) is 13.2 Å².